The number of fused-ring (bicyclic) bond motifs is 2. The van der Waals surface area contributed by atoms with Gasteiger partial charge in [0.25, 0.3) is 5.91 Å². The zero-order chi connectivity index (χ0) is 40.9. The standard InChI is InChI=1S/C43H48F3N9O4/c1-26-4-7-34-33(21-49-52-34)35(26)36-31(28-5-6-28)18-32-37(38(36)58-24-43(44,45)46)50-41(59-30-8-12-53(13-9-30)16-17-57-3)51-39(32)54-14-10-42(11-15-54)22-55(23-42)40(56)27(2)29-19-47-25-48-20-29/h4,7,18-21,25,28,30H,2,5-6,8-17,22-24H2,1,3H3,(H,49,52). The number of rotatable bonds is 12. The number of likely N-dealkylation sites (tertiary alicyclic amines) is 2. The number of aromatic nitrogens is 6. The average molecular weight is 812 g/mol. The lowest BCUT2D eigenvalue weighted by molar-refractivity contribution is -0.153. The highest BCUT2D eigenvalue weighted by atomic mass is 19.4. The van der Waals surface area contributed by atoms with E-state index in [9.17, 15) is 18.0 Å². The summed E-state index contributed by atoms with van der Waals surface area (Å²) < 4.78 is 60.3. The molecule has 1 N–H and O–H groups in total. The van der Waals surface area contributed by atoms with Crippen LogP contribution in [0.4, 0.5) is 19.0 Å². The van der Waals surface area contributed by atoms with Gasteiger partial charge < -0.3 is 28.9 Å². The molecule has 1 saturated carbocycles. The number of halogens is 3. The summed E-state index contributed by atoms with van der Waals surface area (Å²) in [5, 5.41) is 8.75. The van der Waals surface area contributed by atoms with E-state index in [1.165, 1.54) is 6.33 Å². The number of amides is 1. The van der Waals surface area contributed by atoms with Gasteiger partial charge in [0, 0.05) is 98.2 Å². The summed E-state index contributed by atoms with van der Waals surface area (Å²) in [6.45, 7) is 10.1. The Hall–Kier alpha value is -5.35. The van der Waals surface area contributed by atoms with Crippen molar-refractivity contribution in [3.8, 4) is 22.9 Å². The molecule has 0 radical (unpaired) electrons. The van der Waals surface area contributed by atoms with Crippen LogP contribution in [-0.4, -0.2) is 124 Å². The van der Waals surface area contributed by atoms with Gasteiger partial charge in [-0.15, -0.1) is 0 Å². The van der Waals surface area contributed by atoms with Crippen LogP contribution in [0.5, 0.6) is 11.8 Å². The summed E-state index contributed by atoms with van der Waals surface area (Å²) in [4.78, 5) is 37.8. The molecule has 0 atom stereocenters. The number of aromatic amines is 1. The monoisotopic (exact) mass is 811 g/mol. The minimum Gasteiger partial charge on any atom is -0.481 e. The fourth-order valence-electron chi connectivity index (χ4n) is 9.05. The molecule has 5 aromatic rings. The molecular formula is C43H48F3N9O4. The summed E-state index contributed by atoms with van der Waals surface area (Å²) >= 11 is 0. The molecule has 4 fully saturated rings. The first-order valence-corrected chi connectivity index (χ1v) is 20.4. The summed E-state index contributed by atoms with van der Waals surface area (Å²) in [6.07, 6.45) is 6.45. The molecule has 3 aromatic heterocycles. The fourth-order valence-corrected chi connectivity index (χ4v) is 9.05. The molecule has 3 saturated heterocycles. The predicted octanol–water partition coefficient (Wildman–Crippen LogP) is 6.72. The Morgan fingerprint density at radius 1 is 0.983 bits per heavy atom. The average Bonchev–Trinajstić information content (AvgIpc) is 3.97. The Morgan fingerprint density at radius 3 is 2.42 bits per heavy atom. The van der Waals surface area contributed by atoms with E-state index in [0.29, 0.717) is 60.7 Å². The maximum Gasteiger partial charge on any atom is 0.422 e. The van der Waals surface area contributed by atoms with E-state index in [4.69, 9.17) is 24.2 Å². The lowest BCUT2D eigenvalue weighted by Crippen LogP contribution is -2.62. The smallest absolute Gasteiger partial charge is 0.422 e. The normalized spacial score (nSPS) is 18.7. The molecule has 1 amide bonds. The molecule has 0 bridgehead atoms. The molecule has 59 heavy (non-hydrogen) atoms. The van der Waals surface area contributed by atoms with Crippen LogP contribution in [0.3, 0.4) is 0 Å². The third-order valence-electron chi connectivity index (χ3n) is 12.5. The molecular weight excluding hydrogens is 764 g/mol. The molecule has 6 heterocycles. The van der Waals surface area contributed by atoms with Crippen molar-refractivity contribution in [2.45, 2.75) is 63.6 Å². The number of methoxy groups -OCH3 is 1. The summed E-state index contributed by atoms with van der Waals surface area (Å²) in [7, 11) is 1.69. The Balaban J connectivity index is 1.09. The molecule has 2 aromatic carbocycles. The Labute approximate surface area is 340 Å². The lowest BCUT2D eigenvalue weighted by atomic mass is 9.71. The molecule has 310 valence electrons. The van der Waals surface area contributed by atoms with Crippen LogP contribution in [0.1, 0.15) is 61.1 Å². The summed E-state index contributed by atoms with van der Waals surface area (Å²) in [6, 6.07) is 6.08. The number of H-pyrrole nitrogens is 1. The van der Waals surface area contributed by atoms with Gasteiger partial charge in [-0.1, -0.05) is 12.6 Å². The number of anilines is 1. The van der Waals surface area contributed by atoms with E-state index in [-0.39, 0.29) is 40.6 Å². The summed E-state index contributed by atoms with van der Waals surface area (Å²) in [5.74, 6) is 0.700. The van der Waals surface area contributed by atoms with E-state index in [2.05, 4.69) is 42.6 Å². The second kappa shape index (κ2) is 15.7. The van der Waals surface area contributed by atoms with Gasteiger partial charge >= 0.3 is 12.2 Å². The van der Waals surface area contributed by atoms with Crippen LogP contribution in [-0.2, 0) is 9.53 Å². The van der Waals surface area contributed by atoms with Crippen LogP contribution in [0.15, 0.2) is 49.7 Å². The van der Waals surface area contributed by atoms with Gasteiger partial charge in [-0.05, 0) is 80.2 Å². The van der Waals surface area contributed by atoms with E-state index in [1.54, 1.807) is 25.7 Å². The van der Waals surface area contributed by atoms with Crippen LogP contribution in [0.2, 0.25) is 0 Å². The molecule has 3 aliphatic heterocycles. The third kappa shape index (κ3) is 7.91. The van der Waals surface area contributed by atoms with Crippen molar-refractivity contribution >= 4 is 39.1 Å². The van der Waals surface area contributed by atoms with Crippen molar-refractivity contribution in [3.63, 3.8) is 0 Å². The first-order chi connectivity index (χ1) is 28.5. The first-order valence-electron chi connectivity index (χ1n) is 20.4. The highest BCUT2D eigenvalue weighted by molar-refractivity contribution is 6.18. The van der Waals surface area contributed by atoms with Gasteiger partial charge in [-0.2, -0.15) is 28.2 Å². The van der Waals surface area contributed by atoms with Gasteiger partial charge in [-0.25, -0.2) is 9.97 Å². The molecule has 4 aliphatic rings. The van der Waals surface area contributed by atoms with Gasteiger partial charge in [0.2, 0.25) is 0 Å². The minimum atomic E-state index is -4.59. The van der Waals surface area contributed by atoms with E-state index in [1.807, 2.05) is 24.0 Å². The lowest BCUT2D eigenvalue weighted by Gasteiger charge is -2.54. The molecule has 1 spiro atoms. The zero-order valence-corrected chi connectivity index (χ0v) is 33.4. The SMILES string of the molecule is C=C(C(=O)N1CC2(CCN(c3nc(OC4CCN(CCOC)CC4)nc4c(OCC(F)(F)F)c(-c5c(C)ccc6[nH]ncc56)c(C5CC5)cc34)CC2)C1)c1cncnc1. The number of carbonyl (C=O) groups is 1. The van der Waals surface area contributed by atoms with Crippen LogP contribution in [0, 0.1) is 12.3 Å². The van der Waals surface area contributed by atoms with E-state index >= 15 is 0 Å². The first kappa shape index (κ1) is 39.1. The van der Waals surface area contributed by atoms with Crippen LogP contribution >= 0.6 is 0 Å². The van der Waals surface area contributed by atoms with Crippen LogP contribution < -0.4 is 14.4 Å². The second-order valence-corrected chi connectivity index (χ2v) is 16.6. The molecule has 1 aliphatic carbocycles. The number of alkyl halides is 3. The number of aryl methyl sites for hydroxylation is 1. The van der Waals surface area contributed by atoms with Crippen molar-refractivity contribution in [3.05, 3.63) is 66.4 Å². The van der Waals surface area contributed by atoms with Crippen molar-refractivity contribution in [1.82, 2.24) is 39.9 Å². The molecule has 16 heteroatoms. The van der Waals surface area contributed by atoms with E-state index in [0.717, 1.165) is 85.8 Å². The van der Waals surface area contributed by atoms with Crippen LogP contribution in [0.25, 0.3) is 38.5 Å². The van der Waals surface area contributed by atoms with Gasteiger partial charge in [0.15, 0.2) is 12.4 Å². The Bertz CT molecular complexity index is 2360. The number of nitrogens with zero attached hydrogens (tertiary/aromatic N) is 8. The predicted molar refractivity (Wildman–Crippen MR) is 216 cm³/mol. The summed E-state index contributed by atoms with van der Waals surface area (Å²) in [5.41, 5.74) is 5.15. The number of carbonyl (C=O) groups excluding carboxylic acids is 1. The second-order valence-electron chi connectivity index (χ2n) is 16.6. The molecule has 0 unspecified atom stereocenters. The minimum absolute atomic E-state index is 0.0628. The molecule has 9 rings (SSSR count). The number of piperidine rings is 2. The zero-order valence-electron chi connectivity index (χ0n) is 33.4. The largest absolute Gasteiger partial charge is 0.481 e. The fraction of sp³-hybridized carbons (Fsp3) is 0.488. The van der Waals surface area contributed by atoms with Crippen molar-refractivity contribution < 1.29 is 32.2 Å². The number of hydrogen-bond donors (Lipinski definition) is 1. The topological polar surface area (TPSA) is 135 Å². The van der Waals surface area contributed by atoms with Gasteiger partial charge in [0.05, 0.1) is 18.3 Å². The van der Waals surface area contributed by atoms with Gasteiger partial charge in [0.1, 0.15) is 23.8 Å². The van der Waals surface area contributed by atoms with Crippen molar-refractivity contribution in [2.24, 2.45) is 5.41 Å². The number of ether oxygens (including phenoxy) is 3. The molecule has 13 nitrogen and oxygen atoms in total. The van der Waals surface area contributed by atoms with E-state index < -0.39 is 12.8 Å². The number of nitrogens with one attached hydrogen (secondary N) is 1. The maximum atomic E-state index is 14.2. The quantitative estimate of drug-likeness (QED) is 0.135. The number of hydrogen-bond acceptors (Lipinski definition) is 11. The van der Waals surface area contributed by atoms with Crippen molar-refractivity contribution in [1.29, 1.82) is 0 Å². The third-order valence-corrected chi connectivity index (χ3v) is 12.5. The highest BCUT2D eigenvalue weighted by Gasteiger charge is 2.47. The highest BCUT2D eigenvalue weighted by Crippen LogP contribution is 2.53. The van der Waals surface area contributed by atoms with Crippen molar-refractivity contribution in [2.75, 3.05) is 71.0 Å². The maximum absolute atomic E-state index is 14.2. The van der Waals surface area contributed by atoms with Gasteiger partial charge in [-0.3, -0.25) is 9.89 Å². The Kier molecular flexibility index (Phi) is 10.4. The Morgan fingerprint density at radius 2 is 1.73 bits per heavy atom. The number of benzene rings is 2.